The fourth-order valence-corrected chi connectivity index (χ4v) is 3.13. The predicted molar refractivity (Wildman–Crippen MR) is 101 cm³/mol. The Morgan fingerprint density at radius 3 is 2.08 bits per heavy atom. The summed E-state index contributed by atoms with van der Waals surface area (Å²) in [6, 6.07) is 13.6. The van der Waals surface area contributed by atoms with E-state index in [9.17, 15) is 14.4 Å². The van der Waals surface area contributed by atoms with Gasteiger partial charge in [0.05, 0.1) is 0 Å². The average Bonchev–Trinajstić information content (AvgIpc) is 3.15. The maximum absolute atomic E-state index is 12.4. The van der Waals surface area contributed by atoms with Crippen LogP contribution < -0.4 is 10.6 Å². The Bertz CT molecular complexity index is 821. The minimum absolute atomic E-state index is 0.0567. The zero-order valence-corrected chi connectivity index (χ0v) is 14.7. The van der Waals surface area contributed by atoms with Crippen molar-refractivity contribution in [1.82, 2.24) is 5.32 Å². The van der Waals surface area contributed by atoms with Crippen molar-refractivity contribution in [2.24, 2.45) is 0 Å². The van der Waals surface area contributed by atoms with Gasteiger partial charge < -0.3 is 10.6 Å². The van der Waals surface area contributed by atoms with Crippen LogP contribution in [0.4, 0.5) is 5.69 Å². The van der Waals surface area contributed by atoms with E-state index in [1.165, 1.54) is 6.92 Å². The van der Waals surface area contributed by atoms with Gasteiger partial charge in [-0.3, -0.25) is 14.4 Å². The zero-order valence-electron chi connectivity index (χ0n) is 14.7. The average molecular weight is 350 g/mol. The van der Waals surface area contributed by atoms with Gasteiger partial charge in [0.1, 0.15) is 0 Å². The van der Waals surface area contributed by atoms with Gasteiger partial charge in [-0.15, -0.1) is 0 Å². The van der Waals surface area contributed by atoms with E-state index in [2.05, 4.69) is 10.6 Å². The Balaban J connectivity index is 1.64. The molecule has 5 nitrogen and oxygen atoms in total. The number of amides is 2. The maximum Gasteiger partial charge on any atom is 0.255 e. The molecule has 5 heteroatoms. The second-order valence-corrected chi connectivity index (χ2v) is 6.62. The summed E-state index contributed by atoms with van der Waals surface area (Å²) in [5, 5.41) is 5.80. The summed E-state index contributed by atoms with van der Waals surface area (Å²) in [4.78, 5) is 36.0. The lowest BCUT2D eigenvalue weighted by atomic mass is 10.1. The first-order chi connectivity index (χ1) is 12.5. The molecule has 3 rings (SSSR count). The van der Waals surface area contributed by atoms with Crippen LogP contribution in [0, 0.1) is 0 Å². The highest BCUT2D eigenvalue weighted by Gasteiger charge is 2.18. The van der Waals surface area contributed by atoms with Gasteiger partial charge in [0, 0.05) is 28.4 Å². The van der Waals surface area contributed by atoms with Crippen LogP contribution in [0.15, 0.2) is 48.5 Å². The van der Waals surface area contributed by atoms with E-state index in [0.717, 1.165) is 25.7 Å². The molecule has 0 spiro atoms. The minimum Gasteiger partial charge on any atom is -0.349 e. The Morgan fingerprint density at radius 2 is 1.46 bits per heavy atom. The number of benzene rings is 2. The molecule has 1 saturated carbocycles. The number of ketones is 1. The van der Waals surface area contributed by atoms with Gasteiger partial charge in [-0.1, -0.05) is 25.0 Å². The molecule has 2 N–H and O–H groups in total. The fraction of sp³-hybridized carbons (Fsp3) is 0.286. The zero-order chi connectivity index (χ0) is 18.5. The van der Waals surface area contributed by atoms with Crippen LogP contribution >= 0.6 is 0 Å². The Labute approximate surface area is 152 Å². The molecule has 0 unspecified atom stereocenters. The second-order valence-electron chi connectivity index (χ2n) is 6.62. The third-order valence-corrected chi connectivity index (χ3v) is 4.63. The fourth-order valence-electron chi connectivity index (χ4n) is 3.13. The molecule has 1 fully saturated rings. The standard InChI is InChI=1S/C21H22N2O3/c1-14(24)17-5-4-8-19(13-17)23-21(26)16-11-9-15(10-12-16)20(25)22-18-6-2-3-7-18/h4-5,8-13,18H,2-3,6-7H2,1H3,(H,22,25)(H,23,26). The third kappa shape index (κ3) is 4.36. The molecule has 0 atom stereocenters. The van der Waals surface area contributed by atoms with Crippen LogP contribution in [0.5, 0.6) is 0 Å². The molecule has 134 valence electrons. The van der Waals surface area contributed by atoms with Crippen LogP contribution in [0.2, 0.25) is 0 Å². The molecule has 1 aliphatic rings. The van der Waals surface area contributed by atoms with Crippen molar-refractivity contribution in [2.45, 2.75) is 38.6 Å². The van der Waals surface area contributed by atoms with E-state index in [-0.39, 0.29) is 23.6 Å². The summed E-state index contributed by atoms with van der Waals surface area (Å²) in [5.41, 5.74) is 2.11. The molecular weight excluding hydrogens is 328 g/mol. The monoisotopic (exact) mass is 350 g/mol. The molecule has 2 aromatic rings. The van der Waals surface area contributed by atoms with Crippen LogP contribution in [-0.4, -0.2) is 23.6 Å². The highest BCUT2D eigenvalue weighted by atomic mass is 16.2. The van der Waals surface area contributed by atoms with Crippen molar-refractivity contribution < 1.29 is 14.4 Å². The highest BCUT2D eigenvalue weighted by molar-refractivity contribution is 6.05. The number of carbonyl (C=O) groups excluding carboxylic acids is 3. The van der Waals surface area contributed by atoms with E-state index in [4.69, 9.17) is 0 Å². The molecule has 0 bridgehead atoms. The van der Waals surface area contributed by atoms with Crippen molar-refractivity contribution in [2.75, 3.05) is 5.32 Å². The summed E-state index contributed by atoms with van der Waals surface area (Å²) >= 11 is 0. The lowest BCUT2D eigenvalue weighted by molar-refractivity contribution is 0.0935. The summed E-state index contributed by atoms with van der Waals surface area (Å²) in [6.07, 6.45) is 4.39. The molecule has 26 heavy (non-hydrogen) atoms. The predicted octanol–water partition coefficient (Wildman–Crippen LogP) is 3.81. The second kappa shape index (κ2) is 7.95. The van der Waals surface area contributed by atoms with E-state index in [1.54, 1.807) is 48.5 Å². The van der Waals surface area contributed by atoms with Gasteiger partial charge in [0.15, 0.2) is 5.78 Å². The molecule has 1 aliphatic carbocycles. The van der Waals surface area contributed by atoms with Crippen LogP contribution in [0.1, 0.15) is 63.7 Å². The van der Waals surface area contributed by atoms with Crippen molar-refractivity contribution in [3.63, 3.8) is 0 Å². The first-order valence-electron chi connectivity index (χ1n) is 8.86. The van der Waals surface area contributed by atoms with Crippen molar-refractivity contribution in [1.29, 1.82) is 0 Å². The first-order valence-corrected chi connectivity index (χ1v) is 8.86. The number of carbonyl (C=O) groups is 3. The van der Waals surface area contributed by atoms with Gasteiger partial charge in [0.25, 0.3) is 11.8 Å². The number of hydrogen-bond acceptors (Lipinski definition) is 3. The quantitative estimate of drug-likeness (QED) is 0.805. The van der Waals surface area contributed by atoms with Crippen LogP contribution in [0.25, 0.3) is 0 Å². The largest absolute Gasteiger partial charge is 0.349 e. The van der Waals surface area contributed by atoms with E-state index in [1.807, 2.05) is 0 Å². The number of hydrogen-bond donors (Lipinski definition) is 2. The molecule has 2 aromatic carbocycles. The van der Waals surface area contributed by atoms with Crippen molar-refractivity contribution in [3.8, 4) is 0 Å². The molecule has 2 amide bonds. The lowest BCUT2D eigenvalue weighted by Crippen LogP contribution is -2.32. The van der Waals surface area contributed by atoms with Gasteiger partial charge in [-0.25, -0.2) is 0 Å². The summed E-state index contributed by atoms with van der Waals surface area (Å²) in [7, 11) is 0. The van der Waals surface area contributed by atoms with Gasteiger partial charge >= 0.3 is 0 Å². The van der Waals surface area contributed by atoms with Crippen LogP contribution in [-0.2, 0) is 0 Å². The number of anilines is 1. The summed E-state index contributed by atoms with van der Waals surface area (Å²) < 4.78 is 0. The molecule has 0 aliphatic heterocycles. The minimum atomic E-state index is -0.284. The van der Waals surface area contributed by atoms with Crippen molar-refractivity contribution >= 4 is 23.3 Å². The van der Waals surface area contributed by atoms with E-state index in [0.29, 0.717) is 22.4 Å². The Morgan fingerprint density at radius 1 is 0.846 bits per heavy atom. The normalized spacial score (nSPS) is 14.0. The maximum atomic E-state index is 12.4. The topological polar surface area (TPSA) is 75.3 Å². The van der Waals surface area contributed by atoms with E-state index >= 15 is 0 Å². The summed E-state index contributed by atoms with van der Waals surface area (Å²) in [5.74, 6) is -0.440. The SMILES string of the molecule is CC(=O)c1cccc(NC(=O)c2ccc(C(=O)NC3CCCC3)cc2)c1. The molecule has 0 aromatic heterocycles. The van der Waals surface area contributed by atoms with Crippen LogP contribution in [0.3, 0.4) is 0 Å². The highest BCUT2D eigenvalue weighted by Crippen LogP contribution is 2.18. The third-order valence-electron chi connectivity index (χ3n) is 4.63. The smallest absolute Gasteiger partial charge is 0.255 e. The van der Waals surface area contributed by atoms with Gasteiger partial charge in [-0.2, -0.15) is 0 Å². The molecule has 0 saturated heterocycles. The number of Topliss-reactive ketones (excluding diaryl/α,β-unsaturated/α-hetero) is 1. The number of rotatable bonds is 5. The molecule has 0 heterocycles. The lowest BCUT2D eigenvalue weighted by Gasteiger charge is -2.12. The first kappa shape index (κ1) is 17.9. The summed E-state index contributed by atoms with van der Waals surface area (Å²) in [6.45, 7) is 1.48. The molecular formula is C21H22N2O3. The Hall–Kier alpha value is -2.95. The van der Waals surface area contributed by atoms with E-state index < -0.39 is 0 Å². The number of nitrogens with one attached hydrogen (secondary N) is 2. The van der Waals surface area contributed by atoms with Gasteiger partial charge in [-0.05, 0) is 56.2 Å². The Kier molecular flexibility index (Phi) is 5.46. The van der Waals surface area contributed by atoms with Crippen molar-refractivity contribution in [3.05, 3.63) is 65.2 Å². The van der Waals surface area contributed by atoms with Gasteiger partial charge in [0.2, 0.25) is 0 Å². The molecule has 0 radical (unpaired) electrons.